The van der Waals surface area contributed by atoms with Crippen LogP contribution in [0.5, 0.6) is 0 Å². The van der Waals surface area contributed by atoms with Crippen LogP contribution in [0, 0.1) is 0 Å². The lowest BCUT2D eigenvalue weighted by atomic mass is 9.85. The highest BCUT2D eigenvalue weighted by Gasteiger charge is 2.41. The Hall–Kier alpha value is -1.83. The summed E-state index contributed by atoms with van der Waals surface area (Å²) in [5, 5.41) is 6.65. The summed E-state index contributed by atoms with van der Waals surface area (Å²) < 4.78 is 0. The molecule has 0 aliphatic carbocycles. The first-order valence-electron chi connectivity index (χ1n) is 8.95. The van der Waals surface area contributed by atoms with Crippen LogP contribution in [0.2, 0.25) is 10.0 Å². The second kappa shape index (κ2) is 7.66. The van der Waals surface area contributed by atoms with Crippen molar-refractivity contribution in [1.82, 2.24) is 15.9 Å². The first-order valence-corrected chi connectivity index (χ1v) is 9.71. The predicted molar refractivity (Wildman–Crippen MR) is 111 cm³/mol. The summed E-state index contributed by atoms with van der Waals surface area (Å²) in [6.45, 7) is 2.13. The average molecular weight is 405 g/mol. The van der Waals surface area contributed by atoms with Crippen LogP contribution in [0.3, 0.4) is 0 Å². The van der Waals surface area contributed by atoms with Crippen LogP contribution in [-0.4, -0.2) is 29.5 Å². The van der Waals surface area contributed by atoms with E-state index in [9.17, 15) is 0 Å². The number of nitrogens with two attached hydrogens (primary N) is 1. The summed E-state index contributed by atoms with van der Waals surface area (Å²) in [5.74, 6) is 6.84. The molecule has 142 valence electrons. The molecule has 0 aromatic heterocycles. The van der Waals surface area contributed by atoms with Gasteiger partial charge in [-0.3, -0.25) is 5.84 Å². The third kappa shape index (κ3) is 3.77. The van der Waals surface area contributed by atoms with E-state index in [4.69, 9.17) is 34.0 Å². The van der Waals surface area contributed by atoms with Crippen LogP contribution in [0.25, 0.3) is 0 Å². The van der Waals surface area contributed by atoms with E-state index in [-0.39, 0.29) is 5.54 Å². The minimum absolute atomic E-state index is 0.269. The van der Waals surface area contributed by atoms with Crippen LogP contribution >= 0.6 is 23.2 Å². The fraction of sp³-hybridized carbons (Fsp3) is 0.316. The van der Waals surface area contributed by atoms with Gasteiger partial charge in [0.15, 0.2) is 0 Å². The zero-order valence-electron chi connectivity index (χ0n) is 14.8. The summed E-state index contributed by atoms with van der Waals surface area (Å²) in [6, 6.07) is 13.7. The Kier molecular flexibility index (Phi) is 5.25. The quantitative estimate of drug-likeness (QED) is 0.465. The molecule has 27 heavy (non-hydrogen) atoms. The number of nitrogens with one attached hydrogen (secondary N) is 3. The highest BCUT2D eigenvalue weighted by Crippen LogP contribution is 2.37. The second-order valence-electron chi connectivity index (χ2n) is 6.91. The molecule has 0 radical (unpaired) electrons. The number of rotatable bonds is 3. The Bertz CT molecular complexity index is 861. The van der Waals surface area contributed by atoms with Gasteiger partial charge in [0.1, 0.15) is 5.84 Å². The maximum Gasteiger partial charge on any atom is 0.142 e. The first kappa shape index (κ1) is 18.5. The number of piperidine rings is 1. The minimum Gasteiger partial charge on any atom is -0.371 e. The van der Waals surface area contributed by atoms with Gasteiger partial charge in [-0.2, -0.15) is 0 Å². The third-order valence-electron chi connectivity index (χ3n) is 5.13. The molecule has 0 saturated carbocycles. The maximum absolute atomic E-state index is 6.28. The Balaban J connectivity index is 1.54. The molecule has 8 heteroatoms. The van der Waals surface area contributed by atoms with Crippen LogP contribution < -0.4 is 22.0 Å². The lowest BCUT2D eigenvalue weighted by Crippen LogP contribution is -2.62. The van der Waals surface area contributed by atoms with Crippen molar-refractivity contribution in [2.24, 2.45) is 10.8 Å². The molecule has 2 aromatic carbocycles. The number of anilines is 1. The van der Waals surface area contributed by atoms with Gasteiger partial charge < -0.3 is 10.7 Å². The van der Waals surface area contributed by atoms with Gasteiger partial charge in [0.25, 0.3) is 0 Å². The van der Waals surface area contributed by atoms with Crippen molar-refractivity contribution in [3.63, 3.8) is 0 Å². The molecule has 1 saturated heterocycles. The fourth-order valence-corrected chi connectivity index (χ4v) is 3.93. The molecule has 2 heterocycles. The van der Waals surface area contributed by atoms with Crippen LogP contribution in [0.1, 0.15) is 18.4 Å². The summed E-state index contributed by atoms with van der Waals surface area (Å²) in [5.41, 5.74) is 9.18. The molecule has 0 bridgehead atoms. The van der Waals surface area contributed by atoms with Gasteiger partial charge in [-0.25, -0.2) is 15.4 Å². The second-order valence-corrected chi connectivity index (χ2v) is 7.70. The number of hydrazine groups is 2. The van der Waals surface area contributed by atoms with E-state index in [1.54, 1.807) is 6.07 Å². The fourth-order valence-electron chi connectivity index (χ4n) is 3.54. The van der Waals surface area contributed by atoms with Crippen LogP contribution in [0.4, 0.5) is 11.4 Å². The van der Waals surface area contributed by atoms with E-state index in [0.717, 1.165) is 48.7 Å². The van der Waals surface area contributed by atoms with Gasteiger partial charge in [0.05, 0.1) is 27.0 Å². The molecule has 6 nitrogen and oxygen atoms in total. The van der Waals surface area contributed by atoms with Crippen molar-refractivity contribution in [2.75, 3.05) is 18.4 Å². The van der Waals surface area contributed by atoms with Crippen molar-refractivity contribution in [1.29, 1.82) is 0 Å². The highest BCUT2D eigenvalue weighted by molar-refractivity contribution is 6.42. The summed E-state index contributed by atoms with van der Waals surface area (Å²) in [7, 11) is 0. The molecule has 0 amide bonds. The summed E-state index contributed by atoms with van der Waals surface area (Å²) in [4.78, 5) is 4.88. The summed E-state index contributed by atoms with van der Waals surface area (Å²) in [6.07, 6.45) is 1.73. The van der Waals surface area contributed by atoms with Crippen molar-refractivity contribution >= 4 is 40.4 Å². The topological polar surface area (TPSA) is 77.7 Å². The molecule has 2 aliphatic rings. The van der Waals surface area contributed by atoms with E-state index in [1.807, 2.05) is 35.3 Å². The van der Waals surface area contributed by atoms with E-state index in [0.29, 0.717) is 16.6 Å². The monoisotopic (exact) mass is 404 g/mol. The zero-order valence-corrected chi connectivity index (χ0v) is 16.3. The van der Waals surface area contributed by atoms with Gasteiger partial charge in [0, 0.05) is 19.6 Å². The number of para-hydroxylation sites is 2. The smallest absolute Gasteiger partial charge is 0.142 e. The standard InChI is InChI=1S/C19H22Cl2N6/c20-14-5-3-4-13(17(14)21)12-23-26-18-19(8-10-27(22)11-9-19)25-16-7-2-1-6-15(16)24-18/h1-7,23,25H,8-12,22H2,(H,24,26). The Morgan fingerprint density at radius 1 is 1.11 bits per heavy atom. The largest absolute Gasteiger partial charge is 0.371 e. The number of halogens is 2. The zero-order chi connectivity index (χ0) is 18.9. The number of hydrogen-bond acceptors (Lipinski definition) is 6. The van der Waals surface area contributed by atoms with Crippen molar-refractivity contribution in [3.05, 3.63) is 58.1 Å². The number of amidine groups is 1. The molecule has 2 aromatic rings. The van der Waals surface area contributed by atoms with Crippen molar-refractivity contribution < 1.29 is 0 Å². The average Bonchev–Trinajstić information content (AvgIpc) is 2.68. The molecule has 0 atom stereocenters. The van der Waals surface area contributed by atoms with Crippen LogP contribution in [0.15, 0.2) is 47.5 Å². The van der Waals surface area contributed by atoms with Gasteiger partial charge in [-0.1, -0.05) is 47.5 Å². The number of benzene rings is 2. The molecular weight excluding hydrogens is 383 g/mol. The highest BCUT2D eigenvalue weighted by atomic mass is 35.5. The lowest BCUT2D eigenvalue weighted by molar-refractivity contribution is 0.203. The van der Waals surface area contributed by atoms with Crippen LogP contribution in [-0.2, 0) is 6.54 Å². The van der Waals surface area contributed by atoms with E-state index >= 15 is 0 Å². The number of nitrogens with zero attached hydrogens (tertiary/aromatic N) is 2. The molecule has 1 fully saturated rings. The Labute approximate surface area is 168 Å². The Morgan fingerprint density at radius 3 is 2.70 bits per heavy atom. The van der Waals surface area contributed by atoms with Gasteiger partial charge >= 0.3 is 0 Å². The van der Waals surface area contributed by atoms with E-state index in [1.165, 1.54) is 0 Å². The molecule has 5 N–H and O–H groups in total. The normalized spacial score (nSPS) is 18.6. The van der Waals surface area contributed by atoms with Gasteiger partial charge in [-0.15, -0.1) is 0 Å². The number of hydrogen-bond donors (Lipinski definition) is 4. The van der Waals surface area contributed by atoms with E-state index in [2.05, 4.69) is 22.2 Å². The third-order valence-corrected chi connectivity index (χ3v) is 5.99. The molecular formula is C19H22Cl2N6. The minimum atomic E-state index is -0.269. The van der Waals surface area contributed by atoms with Crippen molar-refractivity contribution in [3.8, 4) is 0 Å². The summed E-state index contributed by atoms with van der Waals surface area (Å²) >= 11 is 12.4. The number of fused-ring (bicyclic) bond motifs is 1. The number of aliphatic imine (C=N–C) groups is 1. The molecule has 2 aliphatic heterocycles. The molecule has 4 rings (SSSR count). The van der Waals surface area contributed by atoms with Gasteiger partial charge in [-0.05, 0) is 36.6 Å². The first-order chi connectivity index (χ1) is 13.1. The van der Waals surface area contributed by atoms with E-state index < -0.39 is 0 Å². The van der Waals surface area contributed by atoms with Gasteiger partial charge in [0.2, 0.25) is 0 Å². The molecule has 1 spiro atoms. The van der Waals surface area contributed by atoms with Crippen molar-refractivity contribution in [2.45, 2.75) is 24.9 Å². The molecule has 0 unspecified atom stereocenters. The lowest BCUT2D eigenvalue weighted by Gasteiger charge is -2.44. The maximum atomic E-state index is 6.28. The SMILES string of the molecule is NN1CCC2(CC1)Nc1ccccc1N=C2NNCc1cccc(Cl)c1Cl. The Morgan fingerprint density at radius 2 is 1.89 bits per heavy atom. The predicted octanol–water partition coefficient (Wildman–Crippen LogP) is 3.45.